The van der Waals surface area contributed by atoms with E-state index in [1.54, 1.807) is 0 Å². The summed E-state index contributed by atoms with van der Waals surface area (Å²) in [4.78, 5) is 7.12. The van der Waals surface area contributed by atoms with Crippen LogP contribution in [0, 0.1) is 12.3 Å². The largest absolute Gasteiger partial charge is 0.312 e. The van der Waals surface area contributed by atoms with Crippen LogP contribution < -0.4 is 5.32 Å². The molecular formula is C18H33N3. The number of aryl methyl sites for hydroxylation is 1. The van der Waals surface area contributed by atoms with Crippen molar-refractivity contribution in [3.63, 3.8) is 0 Å². The summed E-state index contributed by atoms with van der Waals surface area (Å²) < 4.78 is 0. The summed E-state index contributed by atoms with van der Waals surface area (Å²) in [5, 5.41) is 3.71. The average molecular weight is 291 g/mol. The van der Waals surface area contributed by atoms with Gasteiger partial charge in [0.1, 0.15) is 0 Å². The van der Waals surface area contributed by atoms with Gasteiger partial charge in [0, 0.05) is 24.8 Å². The van der Waals surface area contributed by atoms with Crippen molar-refractivity contribution < 1.29 is 0 Å². The van der Waals surface area contributed by atoms with Crippen molar-refractivity contribution in [3.8, 4) is 0 Å². The first kappa shape index (κ1) is 18.1. The van der Waals surface area contributed by atoms with Crippen LogP contribution >= 0.6 is 0 Å². The van der Waals surface area contributed by atoms with Gasteiger partial charge in [-0.05, 0) is 44.0 Å². The molecule has 21 heavy (non-hydrogen) atoms. The van der Waals surface area contributed by atoms with Gasteiger partial charge in [-0.1, -0.05) is 40.7 Å². The molecule has 1 heterocycles. The highest BCUT2D eigenvalue weighted by atomic mass is 15.2. The molecule has 0 spiro atoms. The maximum Gasteiger partial charge on any atom is 0.0547 e. The predicted octanol–water partition coefficient (Wildman–Crippen LogP) is 3.63. The number of rotatable bonds is 8. The van der Waals surface area contributed by atoms with E-state index in [-0.39, 0.29) is 5.41 Å². The van der Waals surface area contributed by atoms with E-state index >= 15 is 0 Å². The summed E-state index contributed by atoms with van der Waals surface area (Å²) in [6, 6.07) is 6.78. The average Bonchev–Trinajstić information content (AvgIpc) is 2.40. The van der Waals surface area contributed by atoms with E-state index in [4.69, 9.17) is 0 Å². The molecular weight excluding hydrogens is 258 g/mol. The van der Waals surface area contributed by atoms with Crippen molar-refractivity contribution in [1.29, 1.82) is 0 Å². The molecule has 0 fully saturated rings. The van der Waals surface area contributed by atoms with Crippen LogP contribution in [0.3, 0.4) is 0 Å². The Bertz CT molecular complexity index is 409. The van der Waals surface area contributed by atoms with Gasteiger partial charge >= 0.3 is 0 Å². The Morgan fingerprint density at radius 3 is 2.48 bits per heavy atom. The van der Waals surface area contributed by atoms with Crippen LogP contribution in [0.25, 0.3) is 0 Å². The lowest BCUT2D eigenvalue weighted by molar-refractivity contribution is 0.171. The zero-order chi connectivity index (χ0) is 15.9. The SMILES string of the molecule is CCCNC(CN(CC)Cc1cccc(C)n1)C(C)(C)C. The second-order valence-electron chi connectivity index (χ2n) is 6.97. The number of hydrogen-bond donors (Lipinski definition) is 1. The summed E-state index contributed by atoms with van der Waals surface area (Å²) in [6.07, 6.45) is 1.18. The highest BCUT2D eigenvalue weighted by Gasteiger charge is 2.25. The second kappa shape index (κ2) is 8.50. The summed E-state index contributed by atoms with van der Waals surface area (Å²) in [5.41, 5.74) is 2.53. The number of hydrogen-bond acceptors (Lipinski definition) is 3. The quantitative estimate of drug-likeness (QED) is 0.793. The lowest BCUT2D eigenvalue weighted by Crippen LogP contribution is -2.48. The smallest absolute Gasteiger partial charge is 0.0547 e. The number of pyridine rings is 1. The summed E-state index contributed by atoms with van der Waals surface area (Å²) in [5.74, 6) is 0. The molecule has 1 atom stereocenters. The fourth-order valence-corrected chi connectivity index (χ4v) is 2.44. The van der Waals surface area contributed by atoms with Crippen LogP contribution in [-0.2, 0) is 6.54 Å². The molecule has 0 aromatic carbocycles. The highest BCUT2D eigenvalue weighted by molar-refractivity contribution is 5.09. The molecule has 1 rings (SSSR count). The van der Waals surface area contributed by atoms with Crippen molar-refractivity contribution in [2.75, 3.05) is 19.6 Å². The van der Waals surface area contributed by atoms with Gasteiger partial charge in [-0.25, -0.2) is 0 Å². The molecule has 0 aliphatic rings. The molecule has 0 aliphatic carbocycles. The van der Waals surface area contributed by atoms with E-state index in [2.05, 4.69) is 74.9 Å². The summed E-state index contributed by atoms with van der Waals surface area (Å²) in [7, 11) is 0. The van der Waals surface area contributed by atoms with Gasteiger partial charge in [0.05, 0.1) is 5.69 Å². The predicted molar refractivity (Wildman–Crippen MR) is 91.5 cm³/mol. The minimum Gasteiger partial charge on any atom is -0.312 e. The van der Waals surface area contributed by atoms with Crippen LogP contribution in [0.1, 0.15) is 52.4 Å². The molecule has 1 unspecified atom stereocenters. The maximum absolute atomic E-state index is 4.63. The minimum atomic E-state index is 0.266. The van der Waals surface area contributed by atoms with E-state index in [0.29, 0.717) is 6.04 Å². The zero-order valence-corrected chi connectivity index (χ0v) is 14.7. The molecule has 3 nitrogen and oxygen atoms in total. The van der Waals surface area contributed by atoms with E-state index in [1.165, 1.54) is 12.1 Å². The molecule has 1 N–H and O–H groups in total. The van der Waals surface area contributed by atoms with Crippen LogP contribution in [-0.4, -0.2) is 35.6 Å². The molecule has 0 radical (unpaired) electrons. The van der Waals surface area contributed by atoms with Crippen molar-refractivity contribution in [3.05, 3.63) is 29.6 Å². The van der Waals surface area contributed by atoms with Gasteiger partial charge in [-0.2, -0.15) is 0 Å². The summed E-state index contributed by atoms with van der Waals surface area (Å²) in [6.45, 7) is 17.6. The maximum atomic E-state index is 4.63. The van der Waals surface area contributed by atoms with Gasteiger partial charge in [-0.15, -0.1) is 0 Å². The van der Waals surface area contributed by atoms with Crippen molar-refractivity contribution in [2.45, 2.75) is 60.5 Å². The molecule has 0 amide bonds. The number of nitrogens with one attached hydrogen (secondary N) is 1. The standard InChI is InChI=1S/C18H33N3/c1-7-12-19-17(18(4,5)6)14-21(8-2)13-16-11-9-10-15(3)20-16/h9-11,17,19H,7-8,12-14H2,1-6H3. The Morgan fingerprint density at radius 1 is 1.24 bits per heavy atom. The monoisotopic (exact) mass is 291 g/mol. The first-order valence-corrected chi connectivity index (χ1v) is 8.25. The topological polar surface area (TPSA) is 28.2 Å². The molecule has 1 aromatic heterocycles. The Balaban J connectivity index is 2.69. The molecule has 0 aliphatic heterocycles. The zero-order valence-electron chi connectivity index (χ0n) is 14.7. The van der Waals surface area contributed by atoms with Crippen LogP contribution in [0.2, 0.25) is 0 Å². The van der Waals surface area contributed by atoms with Crippen molar-refractivity contribution in [2.24, 2.45) is 5.41 Å². The molecule has 0 bridgehead atoms. The third-order valence-corrected chi connectivity index (χ3v) is 3.91. The van der Waals surface area contributed by atoms with Crippen LogP contribution in [0.4, 0.5) is 0 Å². The van der Waals surface area contributed by atoms with E-state index in [9.17, 15) is 0 Å². The third kappa shape index (κ3) is 6.58. The highest BCUT2D eigenvalue weighted by Crippen LogP contribution is 2.20. The van der Waals surface area contributed by atoms with E-state index in [0.717, 1.165) is 31.9 Å². The normalized spacial score (nSPS) is 13.7. The van der Waals surface area contributed by atoms with Crippen LogP contribution in [0.15, 0.2) is 18.2 Å². The third-order valence-electron chi connectivity index (χ3n) is 3.91. The van der Waals surface area contributed by atoms with Crippen molar-refractivity contribution in [1.82, 2.24) is 15.2 Å². The fourth-order valence-electron chi connectivity index (χ4n) is 2.44. The molecule has 0 saturated heterocycles. The number of aromatic nitrogens is 1. The molecule has 3 heteroatoms. The minimum absolute atomic E-state index is 0.266. The first-order valence-electron chi connectivity index (χ1n) is 8.25. The second-order valence-corrected chi connectivity index (χ2v) is 6.97. The lowest BCUT2D eigenvalue weighted by Gasteiger charge is -2.36. The van der Waals surface area contributed by atoms with Gasteiger partial charge in [-0.3, -0.25) is 9.88 Å². The molecule has 1 aromatic rings. The molecule has 120 valence electrons. The van der Waals surface area contributed by atoms with Gasteiger partial charge < -0.3 is 5.32 Å². The van der Waals surface area contributed by atoms with E-state index < -0.39 is 0 Å². The number of nitrogens with zero attached hydrogens (tertiary/aromatic N) is 2. The Labute approximate surface area is 131 Å². The Morgan fingerprint density at radius 2 is 1.95 bits per heavy atom. The van der Waals surface area contributed by atoms with Crippen molar-refractivity contribution >= 4 is 0 Å². The lowest BCUT2D eigenvalue weighted by atomic mass is 9.86. The Hall–Kier alpha value is -0.930. The van der Waals surface area contributed by atoms with Gasteiger partial charge in [0.2, 0.25) is 0 Å². The van der Waals surface area contributed by atoms with Gasteiger partial charge in [0.15, 0.2) is 0 Å². The first-order chi connectivity index (χ1) is 9.86. The van der Waals surface area contributed by atoms with Gasteiger partial charge in [0.25, 0.3) is 0 Å². The summed E-state index contributed by atoms with van der Waals surface area (Å²) >= 11 is 0. The molecule has 0 saturated carbocycles. The Kier molecular flexibility index (Phi) is 7.33. The fraction of sp³-hybridized carbons (Fsp3) is 0.722. The number of likely N-dealkylation sites (N-methyl/N-ethyl adjacent to an activating group) is 1. The van der Waals surface area contributed by atoms with E-state index in [1.807, 2.05) is 0 Å². The van der Waals surface area contributed by atoms with Crippen LogP contribution in [0.5, 0.6) is 0 Å².